The predicted octanol–water partition coefficient (Wildman–Crippen LogP) is 3.82. The molecule has 24 heavy (non-hydrogen) atoms. The van der Waals surface area contributed by atoms with Crippen molar-refractivity contribution in [1.82, 2.24) is 5.32 Å². The van der Waals surface area contributed by atoms with Gasteiger partial charge in [-0.25, -0.2) is 4.79 Å². The van der Waals surface area contributed by atoms with Crippen LogP contribution in [0.5, 0.6) is 11.5 Å². The van der Waals surface area contributed by atoms with E-state index in [0.29, 0.717) is 11.5 Å². The van der Waals surface area contributed by atoms with Crippen LogP contribution in [-0.2, 0) is 5.54 Å². The minimum absolute atomic E-state index is 0.198. The van der Waals surface area contributed by atoms with E-state index in [1.54, 1.807) is 14.2 Å². The molecule has 0 aliphatic heterocycles. The van der Waals surface area contributed by atoms with Gasteiger partial charge in [0, 0.05) is 5.69 Å². The lowest BCUT2D eigenvalue weighted by Gasteiger charge is -2.20. The van der Waals surface area contributed by atoms with Crippen molar-refractivity contribution in [3.63, 3.8) is 0 Å². The molecule has 5 heteroatoms. The molecule has 0 atom stereocenters. The van der Waals surface area contributed by atoms with Crippen molar-refractivity contribution in [2.75, 3.05) is 19.5 Å². The Kier molecular flexibility index (Phi) is 4.34. The molecule has 0 aromatic heterocycles. The summed E-state index contributed by atoms with van der Waals surface area (Å²) >= 11 is 0. The molecule has 2 N–H and O–H groups in total. The predicted molar refractivity (Wildman–Crippen MR) is 93.8 cm³/mol. The highest BCUT2D eigenvalue weighted by molar-refractivity contribution is 5.91. The van der Waals surface area contributed by atoms with E-state index in [-0.39, 0.29) is 11.6 Å². The summed E-state index contributed by atoms with van der Waals surface area (Å²) in [5.74, 6) is 1.35. The lowest BCUT2D eigenvalue weighted by atomic mass is 10.0. The number of hydrogen-bond acceptors (Lipinski definition) is 3. The Hall–Kier alpha value is -2.69. The first kappa shape index (κ1) is 16.2. The van der Waals surface area contributed by atoms with Crippen LogP contribution in [0.1, 0.15) is 24.0 Å². The number of benzene rings is 2. The van der Waals surface area contributed by atoms with E-state index < -0.39 is 0 Å². The van der Waals surface area contributed by atoms with Gasteiger partial charge >= 0.3 is 6.03 Å². The van der Waals surface area contributed by atoms with Crippen molar-refractivity contribution in [3.8, 4) is 11.5 Å². The number of nitrogens with one attached hydrogen (secondary N) is 2. The van der Waals surface area contributed by atoms with Crippen LogP contribution in [0.2, 0.25) is 0 Å². The standard InChI is InChI=1S/C19H22N2O3/c1-13-6-4-5-7-15(13)20-18(22)21-19(10-11-19)14-8-9-16(23-2)17(12-14)24-3/h4-9,12H,10-11H2,1-3H3,(H2,20,21,22). The fourth-order valence-electron chi connectivity index (χ4n) is 2.83. The van der Waals surface area contributed by atoms with Gasteiger partial charge in [0.25, 0.3) is 0 Å². The van der Waals surface area contributed by atoms with Crippen LogP contribution in [0.25, 0.3) is 0 Å². The normalized spacial score (nSPS) is 14.6. The third-order valence-electron chi connectivity index (χ3n) is 4.43. The van der Waals surface area contributed by atoms with Gasteiger partial charge in [-0.15, -0.1) is 0 Å². The molecule has 3 rings (SSSR count). The quantitative estimate of drug-likeness (QED) is 0.878. The Morgan fingerprint density at radius 3 is 2.38 bits per heavy atom. The number of aryl methyl sites for hydroxylation is 1. The average molecular weight is 326 g/mol. The topological polar surface area (TPSA) is 59.6 Å². The Balaban J connectivity index is 1.75. The van der Waals surface area contributed by atoms with Crippen LogP contribution in [0.3, 0.4) is 0 Å². The first-order chi connectivity index (χ1) is 11.6. The molecule has 1 saturated carbocycles. The summed E-state index contributed by atoms with van der Waals surface area (Å²) in [6, 6.07) is 13.3. The highest BCUT2D eigenvalue weighted by atomic mass is 16.5. The van der Waals surface area contributed by atoms with E-state index in [1.165, 1.54) is 0 Å². The number of ether oxygens (including phenoxy) is 2. The van der Waals surface area contributed by atoms with Crippen LogP contribution >= 0.6 is 0 Å². The molecular weight excluding hydrogens is 304 g/mol. The molecule has 0 bridgehead atoms. The molecule has 1 aliphatic rings. The molecule has 2 aromatic carbocycles. The number of para-hydroxylation sites is 1. The van der Waals surface area contributed by atoms with Crippen molar-refractivity contribution in [2.24, 2.45) is 0 Å². The van der Waals surface area contributed by atoms with E-state index in [4.69, 9.17) is 9.47 Å². The van der Waals surface area contributed by atoms with Crippen LogP contribution < -0.4 is 20.1 Å². The number of hydrogen-bond donors (Lipinski definition) is 2. The zero-order chi connectivity index (χ0) is 17.2. The number of methoxy groups -OCH3 is 2. The number of rotatable bonds is 5. The van der Waals surface area contributed by atoms with Crippen molar-refractivity contribution in [3.05, 3.63) is 53.6 Å². The molecule has 0 radical (unpaired) electrons. The second-order valence-corrected chi connectivity index (χ2v) is 6.05. The second-order valence-electron chi connectivity index (χ2n) is 6.05. The van der Waals surface area contributed by atoms with E-state index in [9.17, 15) is 4.79 Å². The maximum Gasteiger partial charge on any atom is 0.319 e. The lowest BCUT2D eigenvalue weighted by molar-refractivity contribution is 0.247. The van der Waals surface area contributed by atoms with Gasteiger partial charge in [-0.3, -0.25) is 0 Å². The van der Waals surface area contributed by atoms with E-state index in [2.05, 4.69) is 10.6 Å². The minimum atomic E-state index is -0.327. The summed E-state index contributed by atoms with van der Waals surface area (Å²) in [4.78, 5) is 12.4. The fraction of sp³-hybridized carbons (Fsp3) is 0.316. The van der Waals surface area contributed by atoms with Gasteiger partial charge in [0.2, 0.25) is 0 Å². The Morgan fingerprint density at radius 2 is 1.75 bits per heavy atom. The molecule has 1 fully saturated rings. The third-order valence-corrected chi connectivity index (χ3v) is 4.43. The summed E-state index contributed by atoms with van der Waals surface area (Å²) < 4.78 is 10.6. The first-order valence-electron chi connectivity index (χ1n) is 7.95. The summed E-state index contributed by atoms with van der Waals surface area (Å²) in [7, 11) is 3.22. The zero-order valence-corrected chi connectivity index (χ0v) is 14.2. The number of urea groups is 1. The maximum absolute atomic E-state index is 12.4. The largest absolute Gasteiger partial charge is 0.493 e. The molecular formula is C19H22N2O3. The average Bonchev–Trinajstić information content (AvgIpc) is 3.36. The van der Waals surface area contributed by atoms with Crippen molar-refractivity contribution < 1.29 is 14.3 Å². The van der Waals surface area contributed by atoms with Gasteiger partial charge in [0.1, 0.15) is 0 Å². The Morgan fingerprint density at radius 1 is 1.04 bits per heavy atom. The van der Waals surface area contributed by atoms with Crippen molar-refractivity contribution >= 4 is 11.7 Å². The molecule has 0 unspecified atom stereocenters. The Bertz CT molecular complexity index is 754. The first-order valence-corrected chi connectivity index (χ1v) is 7.95. The lowest BCUT2D eigenvalue weighted by Crippen LogP contribution is -2.38. The highest BCUT2D eigenvalue weighted by Crippen LogP contribution is 2.47. The van der Waals surface area contributed by atoms with E-state index in [0.717, 1.165) is 29.7 Å². The van der Waals surface area contributed by atoms with Gasteiger partial charge in [0.15, 0.2) is 11.5 Å². The number of carbonyl (C=O) groups is 1. The smallest absolute Gasteiger partial charge is 0.319 e. The van der Waals surface area contributed by atoms with Crippen LogP contribution in [0.4, 0.5) is 10.5 Å². The highest BCUT2D eigenvalue weighted by Gasteiger charge is 2.46. The second kappa shape index (κ2) is 6.43. The zero-order valence-electron chi connectivity index (χ0n) is 14.2. The van der Waals surface area contributed by atoms with Crippen LogP contribution in [-0.4, -0.2) is 20.3 Å². The number of carbonyl (C=O) groups excluding carboxylic acids is 1. The van der Waals surface area contributed by atoms with Gasteiger partial charge < -0.3 is 20.1 Å². The maximum atomic E-state index is 12.4. The van der Waals surface area contributed by atoms with E-state index >= 15 is 0 Å². The molecule has 0 heterocycles. The monoisotopic (exact) mass is 326 g/mol. The molecule has 0 spiro atoms. The van der Waals surface area contributed by atoms with Crippen molar-refractivity contribution in [1.29, 1.82) is 0 Å². The van der Waals surface area contributed by atoms with Crippen molar-refractivity contribution in [2.45, 2.75) is 25.3 Å². The minimum Gasteiger partial charge on any atom is -0.493 e. The fourth-order valence-corrected chi connectivity index (χ4v) is 2.83. The molecule has 5 nitrogen and oxygen atoms in total. The molecule has 0 saturated heterocycles. The molecule has 126 valence electrons. The van der Waals surface area contributed by atoms with Gasteiger partial charge in [-0.05, 0) is 49.1 Å². The number of amides is 2. The SMILES string of the molecule is COc1ccc(C2(NC(=O)Nc3ccccc3C)CC2)cc1OC. The number of anilines is 1. The van der Waals surface area contributed by atoms with Gasteiger partial charge in [0.05, 0.1) is 19.8 Å². The van der Waals surface area contributed by atoms with Gasteiger partial charge in [-0.1, -0.05) is 24.3 Å². The van der Waals surface area contributed by atoms with Crippen LogP contribution in [0.15, 0.2) is 42.5 Å². The molecule has 2 amide bonds. The molecule has 1 aliphatic carbocycles. The third kappa shape index (κ3) is 3.15. The Labute approximate surface area is 142 Å². The summed E-state index contributed by atoms with van der Waals surface area (Å²) in [5, 5.41) is 6.02. The molecule has 2 aromatic rings. The summed E-state index contributed by atoms with van der Waals surface area (Å²) in [6.07, 6.45) is 1.81. The van der Waals surface area contributed by atoms with E-state index in [1.807, 2.05) is 49.4 Å². The summed E-state index contributed by atoms with van der Waals surface area (Å²) in [6.45, 7) is 1.97. The van der Waals surface area contributed by atoms with Crippen LogP contribution in [0, 0.1) is 6.92 Å². The summed E-state index contributed by atoms with van der Waals surface area (Å²) in [5.41, 5.74) is 2.55. The van der Waals surface area contributed by atoms with Gasteiger partial charge in [-0.2, -0.15) is 0 Å².